The van der Waals surface area contributed by atoms with E-state index in [1.165, 1.54) is 59.4 Å². The molecule has 1 saturated heterocycles. The highest BCUT2D eigenvalue weighted by atomic mass is 19.1. The zero-order valence-electron chi connectivity index (χ0n) is 23.3. The van der Waals surface area contributed by atoms with Crippen LogP contribution in [0.4, 0.5) is 20.2 Å². The molecule has 3 heterocycles. The van der Waals surface area contributed by atoms with Crippen LogP contribution in [0.15, 0.2) is 78.0 Å². The van der Waals surface area contributed by atoms with Crippen molar-refractivity contribution in [3.8, 4) is 22.9 Å². The average molecular weight is 590 g/mol. The Hall–Kier alpha value is -5.23. The Morgan fingerprint density at radius 3 is 2.51 bits per heavy atom. The van der Waals surface area contributed by atoms with Crippen LogP contribution in [0.3, 0.4) is 0 Å². The summed E-state index contributed by atoms with van der Waals surface area (Å²) in [6, 6.07) is 12.3. The molecule has 0 bridgehead atoms. The highest BCUT2D eigenvalue weighted by Gasteiger charge is 2.21. The van der Waals surface area contributed by atoms with Gasteiger partial charge in [-0.15, -0.1) is 0 Å². The molecule has 3 N–H and O–H groups in total. The van der Waals surface area contributed by atoms with Gasteiger partial charge in [-0.3, -0.25) is 19.1 Å². The molecular weight excluding hydrogens is 560 g/mol. The summed E-state index contributed by atoms with van der Waals surface area (Å²) in [6.45, 7) is 4.43. The third-order valence-electron chi connectivity index (χ3n) is 6.59. The highest BCUT2D eigenvalue weighted by Crippen LogP contribution is 2.32. The lowest BCUT2D eigenvalue weighted by molar-refractivity contribution is 0.102. The van der Waals surface area contributed by atoms with Gasteiger partial charge in [-0.1, -0.05) is 0 Å². The van der Waals surface area contributed by atoms with Crippen LogP contribution in [0.2, 0.25) is 0 Å². The van der Waals surface area contributed by atoms with Gasteiger partial charge in [-0.2, -0.15) is 0 Å². The van der Waals surface area contributed by atoms with E-state index in [9.17, 15) is 14.0 Å². The Kier molecular flexibility index (Phi) is 8.96. The summed E-state index contributed by atoms with van der Waals surface area (Å²) in [5.74, 6) is -1.82. The first-order chi connectivity index (χ1) is 20.9. The van der Waals surface area contributed by atoms with Crippen LogP contribution in [0.25, 0.3) is 11.8 Å². The second-order valence-electron chi connectivity index (χ2n) is 9.38. The van der Waals surface area contributed by atoms with Crippen molar-refractivity contribution in [1.29, 1.82) is 0 Å². The van der Waals surface area contributed by atoms with E-state index in [2.05, 4.69) is 15.2 Å². The fourth-order valence-corrected chi connectivity index (χ4v) is 4.52. The number of anilines is 2. The maximum Gasteiger partial charge on any atom is 0.271 e. The molecule has 1 amide bonds. The van der Waals surface area contributed by atoms with Gasteiger partial charge in [0.1, 0.15) is 22.8 Å². The Bertz CT molecular complexity index is 1700. The number of aromatic nitrogens is 2. The molecule has 4 aromatic rings. The minimum atomic E-state index is -0.809. The van der Waals surface area contributed by atoms with Crippen LogP contribution in [0, 0.1) is 11.6 Å². The van der Waals surface area contributed by atoms with E-state index >= 15 is 4.39 Å². The Morgan fingerprint density at radius 1 is 1.05 bits per heavy atom. The van der Waals surface area contributed by atoms with Gasteiger partial charge in [0, 0.05) is 42.8 Å². The summed E-state index contributed by atoms with van der Waals surface area (Å²) in [5.41, 5.74) is 6.21. The third-order valence-corrected chi connectivity index (χ3v) is 6.59. The molecule has 222 valence electrons. The second kappa shape index (κ2) is 13.2. The molecule has 12 heteroatoms. The van der Waals surface area contributed by atoms with Gasteiger partial charge >= 0.3 is 0 Å². The number of carbonyl (C=O) groups excluding carboxylic acids is 1. The highest BCUT2D eigenvalue weighted by molar-refractivity contribution is 6.06. The number of amides is 1. The van der Waals surface area contributed by atoms with Gasteiger partial charge in [0.05, 0.1) is 31.7 Å². The normalized spacial score (nSPS) is 13.2. The minimum Gasteiger partial charge on any atom is -0.493 e. The molecule has 1 aliphatic rings. The summed E-state index contributed by atoms with van der Waals surface area (Å²) in [4.78, 5) is 33.1. The predicted molar refractivity (Wildman–Crippen MR) is 158 cm³/mol. The summed E-state index contributed by atoms with van der Waals surface area (Å²) >= 11 is 0. The zero-order valence-corrected chi connectivity index (χ0v) is 23.3. The zero-order chi connectivity index (χ0) is 30.3. The van der Waals surface area contributed by atoms with E-state index in [1.807, 2.05) is 0 Å². The van der Waals surface area contributed by atoms with Crippen molar-refractivity contribution < 1.29 is 27.8 Å². The van der Waals surface area contributed by atoms with E-state index in [-0.39, 0.29) is 35.1 Å². The number of halogens is 2. The van der Waals surface area contributed by atoms with Gasteiger partial charge in [0.15, 0.2) is 17.3 Å². The van der Waals surface area contributed by atoms with E-state index < -0.39 is 23.1 Å². The molecule has 0 aliphatic carbocycles. The third kappa shape index (κ3) is 6.65. The molecule has 0 radical (unpaired) electrons. The predicted octanol–water partition coefficient (Wildman–Crippen LogP) is 4.72. The van der Waals surface area contributed by atoms with E-state index in [4.69, 9.17) is 19.9 Å². The number of nitrogens with zero attached hydrogens (tertiary/aromatic N) is 3. The first-order valence-electron chi connectivity index (χ1n) is 13.5. The number of morpholine rings is 1. The first-order valence-corrected chi connectivity index (χ1v) is 13.5. The molecule has 43 heavy (non-hydrogen) atoms. The lowest BCUT2D eigenvalue weighted by atomic mass is 10.2. The number of ether oxygens (including phenoxy) is 3. The second-order valence-corrected chi connectivity index (χ2v) is 9.38. The number of nitrogens with one attached hydrogen (secondary N) is 1. The summed E-state index contributed by atoms with van der Waals surface area (Å²) < 4.78 is 46.7. The van der Waals surface area contributed by atoms with E-state index in [1.54, 1.807) is 25.3 Å². The smallest absolute Gasteiger partial charge is 0.271 e. The standard InChI is InChI=1S/C31H29F2N5O5/c1-2-42-27-10-12-38(22-6-3-20(32)4-7-22)31(40)29(27)30(39)36-21-5-8-26(24(33)17-21)43-28-18-23(19-35-25(28)9-11-34)37-13-15-41-16-14-37/h3-12,17-19H,2,13-16,34H2,1H3,(H,36,39). The van der Waals surface area contributed by atoms with Crippen molar-refractivity contribution >= 4 is 23.4 Å². The molecular formula is C31H29F2N5O5. The van der Waals surface area contributed by atoms with Crippen LogP contribution in [-0.2, 0) is 4.74 Å². The number of carbonyl (C=O) groups is 1. The molecule has 5 rings (SSSR count). The number of rotatable bonds is 9. The number of hydrogen-bond acceptors (Lipinski definition) is 8. The lowest BCUT2D eigenvalue weighted by Crippen LogP contribution is -2.36. The largest absolute Gasteiger partial charge is 0.493 e. The van der Waals surface area contributed by atoms with E-state index in [0.717, 1.165) is 11.8 Å². The number of benzene rings is 2. The van der Waals surface area contributed by atoms with Gasteiger partial charge in [0.2, 0.25) is 0 Å². The van der Waals surface area contributed by atoms with Crippen molar-refractivity contribution in [2.24, 2.45) is 5.73 Å². The van der Waals surface area contributed by atoms with Gasteiger partial charge in [-0.25, -0.2) is 8.78 Å². The van der Waals surface area contributed by atoms with Gasteiger partial charge in [-0.05, 0) is 61.7 Å². The van der Waals surface area contributed by atoms with Crippen LogP contribution >= 0.6 is 0 Å². The fourth-order valence-electron chi connectivity index (χ4n) is 4.52. The lowest BCUT2D eigenvalue weighted by Gasteiger charge is -2.29. The SMILES string of the molecule is CCOc1ccn(-c2ccc(F)cc2)c(=O)c1C(=O)Nc1ccc(Oc2cc(N3CCOCC3)cnc2C=CN)c(F)c1. The average Bonchev–Trinajstić information content (AvgIpc) is 3.01. The quantitative estimate of drug-likeness (QED) is 0.288. The van der Waals surface area contributed by atoms with Crippen LogP contribution in [0.5, 0.6) is 17.2 Å². The molecule has 0 saturated carbocycles. The van der Waals surface area contributed by atoms with Crippen molar-refractivity contribution in [3.63, 3.8) is 0 Å². The molecule has 1 aliphatic heterocycles. The van der Waals surface area contributed by atoms with Crippen molar-refractivity contribution in [3.05, 3.63) is 106 Å². The Morgan fingerprint density at radius 2 is 1.81 bits per heavy atom. The molecule has 1 fully saturated rings. The van der Waals surface area contributed by atoms with Gasteiger partial charge < -0.3 is 30.2 Å². The topological polar surface area (TPSA) is 121 Å². The number of nitrogens with two attached hydrogens (primary N) is 1. The van der Waals surface area contributed by atoms with Crippen LogP contribution in [-0.4, -0.2) is 48.4 Å². The van der Waals surface area contributed by atoms with Crippen molar-refractivity contribution in [2.75, 3.05) is 43.1 Å². The fraction of sp³-hybridized carbons (Fsp3) is 0.194. The molecule has 2 aromatic heterocycles. The molecule has 0 unspecified atom stereocenters. The van der Waals surface area contributed by atoms with E-state index in [0.29, 0.717) is 37.7 Å². The maximum atomic E-state index is 15.3. The molecule has 10 nitrogen and oxygen atoms in total. The minimum absolute atomic E-state index is 0.0527. The van der Waals surface area contributed by atoms with Crippen molar-refractivity contribution in [1.82, 2.24) is 9.55 Å². The Balaban J connectivity index is 1.40. The molecule has 0 spiro atoms. The first kappa shape index (κ1) is 29.3. The summed E-state index contributed by atoms with van der Waals surface area (Å²) in [5, 5.41) is 2.55. The maximum absolute atomic E-state index is 15.3. The van der Waals surface area contributed by atoms with Crippen LogP contribution in [0.1, 0.15) is 23.0 Å². The number of pyridine rings is 2. The number of hydrogen-bond donors (Lipinski definition) is 2. The summed E-state index contributed by atoms with van der Waals surface area (Å²) in [6.07, 6.45) is 5.97. The summed E-state index contributed by atoms with van der Waals surface area (Å²) in [7, 11) is 0. The Labute approximate surface area is 245 Å². The monoisotopic (exact) mass is 589 g/mol. The van der Waals surface area contributed by atoms with Gasteiger partial charge in [0.25, 0.3) is 11.5 Å². The molecule has 0 atom stereocenters. The van der Waals surface area contributed by atoms with Crippen molar-refractivity contribution in [2.45, 2.75) is 6.92 Å². The van der Waals surface area contributed by atoms with Crippen LogP contribution < -0.4 is 31.0 Å². The molecule has 2 aromatic carbocycles.